The molecule has 0 bridgehead atoms. The third-order valence-corrected chi connectivity index (χ3v) is 1.81. The third-order valence-electron chi connectivity index (χ3n) is 1.81. The molecule has 0 rings (SSSR count). The Hall–Kier alpha value is -0.570. The summed E-state index contributed by atoms with van der Waals surface area (Å²) in [7, 11) is 1.42. The molecule has 0 amide bonds. The van der Waals surface area contributed by atoms with Crippen molar-refractivity contribution in [3.8, 4) is 0 Å². The first-order chi connectivity index (χ1) is 6.11. The Morgan fingerprint density at radius 3 is 2.38 bits per heavy atom. The molecule has 3 heteroatoms. The van der Waals surface area contributed by atoms with Gasteiger partial charge in [-0.1, -0.05) is 13.8 Å². The predicted molar refractivity (Wildman–Crippen MR) is 51.5 cm³/mol. The van der Waals surface area contributed by atoms with Crippen LogP contribution in [0, 0.1) is 11.8 Å². The minimum absolute atomic E-state index is 0.107. The lowest BCUT2D eigenvalue weighted by atomic mass is 9.98. The normalized spacial score (nSPS) is 13.0. The fourth-order valence-corrected chi connectivity index (χ4v) is 1.23. The van der Waals surface area contributed by atoms with E-state index in [9.17, 15) is 4.79 Å². The van der Waals surface area contributed by atoms with E-state index < -0.39 is 0 Å². The molecule has 13 heavy (non-hydrogen) atoms. The van der Waals surface area contributed by atoms with Crippen LogP contribution in [0.3, 0.4) is 0 Å². The number of ether oxygens (including phenoxy) is 2. The highest BCUT2D eigenvalue weighted by Crippen LogP contribution is 2.13. The lowest BCUT2D eigenvalue weighted by molar-refractivity contribution is -0.148. The number of methoxy groups -OCH3 is 1. The zero-order valence-electron chi connectivity index (χ0n) is 9.00. The largest absolute Gasteiger partial charge is 0.469 e. The molecule has 0 aliphatic heterocycles. The van der Waals surface area contributed by atoms with Gasteiger partial charge in [-0.25, -0.2) is 0 Å². The van der Waals surface area contributed by atoms with Crippen LogP contribution >= 0.6 is 0 Å². The Kier molecular flexibility index (Phi) is 6.59. The number of hydrogen-bond donors (Lipinski definition) is 0. The molecule has 0 saturated carbocycles. The number of carbonyl (C=O) groups excluding carboxylic acids is 1. The topological polar surface area (TPSA) is 35.5 Å². The van der Waals surface area contributed by atoms with Gasteiger partial charge in [-0.2, -0.15) is 0 Å². The maximum absolute atomic E-state index is 11.3. The lowest BCUT2D eigenvalue weighted by Crippen LogP contribution is -2.23. The van der Waals surface area contributed by atoms with Crippen molar-refractivity contribution in [2.45, 2.75) is 27.2 Å². The first-order valence-electron chi connectivity index (χ1n) is 4.77. The Morgan fingerprint density at radius 1 is 1.38 bits per heavy atom. The van der Waals surface area contributed by atoms with Crippen LogP contribution in [0.2, 0.25) is 0 Å². The van der Waals surface area contributed by atoms with Gasteiger partial charge >= 0.3 is 5.97 Å². The van der Waals surface area contributed by atoms with Gasteiger partial charge in [0.25, 0.3) is 0 Å². The molecule has 0 spiro atoms. The van der Waals surface area contributed by atoms with Crippen LogP contribution in [-0.4, -0.2) is 26.3 Å². The average molecular weight is 188 g/mol. The molecule has 1 atom stereocenters. The third kappa shape index (κ3) is 5.64. The lowest BCUT2D eigenvalue weighted by Gasteiger charge is -2.16. The summed E-state index contributed by atoms with van der Waals surface area (Å²) in [6.07, 6.45) is 0.826. The molecule has 1 unspecified atom stereocenters. The maximum atomic E-state index is 11.3. The Morgan fingerprint density at radius 2 is 2.00 bits per heavy atom. The van der Waals surface area contributed by atoms with Gasteiger partial charge in [0.15, 0.2) is 0 Å². The summed E-state index contributed by atoms with van der Waals surface area (Å²) in [5, 5.41) is 0. The van der Waals surface area contributed by atoms with Crippen molar-refractivity contribution in [3.63, 3.8) is 0 Å². The van der Waals surface area contributed by atoms with E-state index in [4.69, 9.17) is 9.47 Å². The van der Waals surface area contributed by atoms with Crippen molar-refractivity contribution in [2.24, 2.45) is 11.8 Å². The van der Waals surface area contributed by atoms with Crippen molar-refractivity contribution in [2.75, 3.05) is 20.3 Å². The monoisotopic (exact) mass is 188 g/mol. The van der Waals surface area contributed by atoms with Crippen LogP contribution in [0.25, 0.3) is 0 Å². The molecule has 0 aromatic heterocycles. The molecular formula is C10H20O3. The van der Waals surface area contributed by atoms with Gasteiger partial charge in [0.1, 0.15) is 0 Å². The van der Waals surface area contributed by atoms with Crippen LogP contribution in [0.15, 0.2) is 0 Å². The molecule has 78 valence electrons. The summed E-state index contributed by atoms with van der Waals surface area (Å²) >= 11 is 0. The number of esters is 1. The zero-order chi connectivity index (χ0) is 10.3. The molecule has 0 heterocycles. The predicted octanol–water partition coefficient (Wildman–Crippen LogP) is 1.86. The quantitative estimate of drug-likeness (QED) is 0.597. The van der Waals surface area contributed by atoms with E-state index in [1.54, 1.807) is 0 Å². The maximum Gasteiger partial charge on any atom is 0.311 e. The molecule has 0 radical (unpaired) electrons. The van der Waals surface area contributed by atoms with Crippen molar-refractivity contribution < 1.29 is 14.3 Å². The van der Waals surface area contributed by atoms with E-state index in [2.05, 4.69) is 13.8 Å². The van der Waals surface area contributed by atoms with Gasteiger partial charge in [-0.15, -0.1) is 0 Å². The van der Waals surface area contributed by atoms with Crippen LogP contribution in [0.5, 0.6) is 0 Å². The summed E-state index contributed by atoms with van der Waals surface area (Å²) < 4.78 is 9.91. The molecule has 3 nitrogen and oxygen atoms in total. The van der Waals surface area contributed by atoms with Crippen molar-refractivity contribution in [1.82, 2.24) is 0 Å². The van der Waals surface area contributed by atoms with Gasteiger partial charge in [0.2, 0.25) is 0 Å². The van der Waals surface area contributed by atoms with Crippen molar-refractivity contribution >= 4 is 5.97 Å². The van der Waals surface area contributed by atoms with Crippen molar-refractivity contribution in [1.29, 1.82) is 0 Å². The standard InChI is InChI=1S/C10H20O3/c1-5-13-7-9(6-8(2)3)10(11)12-4/h8-9H,5-7H2,1-4H3. The van der Waals surface area contributed by atoms with Crippen LogP contribution in [0.4, 0.5) is 0 Å². The summed E-state index contributed by atoms with van der Waals surface area (Å²) in [6, 6.07) is 0. The van der Waals surface area contributed by atoms with Crippen LogP contribution < -0.4 is 0 Å². The SMILES string of the molecule is CCOCC(CC(C)C)C(=O)OC. The second kappa shape index (κ2) is 6.89. The molecule has 0 aliphatic carbocycles. The molecule has 0 fully saturated rings. The number of hydrogen-bond acceptors (Lipinski definition) is 3. The highest BCUT2D eigenvalue weighted by Gasteiger charge is 2.20. The fourth-order valence-electron chi connectivity index (χ4n) is 1.23. The summed E-state index contributed by atoms with van der Waals surface area (Å²) in [5.74, 6) is 0.219. The minimum Gasteiger partial charge on any atom is -0.469 e. The second-order valence-electron chi connectivity index (χ2n) is 3.51. The van der Waals surface area contributed by atoms with Gasteiger partial charge in [-0.3, -0.25) is 4.79 Å². The molecule has 0 N–H and O–H groups in total. The Labute approximate surface area is 80.4 Å². The highest BCUT2D eigenvalue weighted by atomic mass is 16.5. The van der Waals surface area contributed by atoms with E-state index in [1.165, 1.54) is 7.11 Å². The Balaban J connectivity index is 3.94. The first kappa shape index (κ1) is 12.4. The van der Waals surface area contributed by atoms with Gasteiger partial charge < -0.3 is 9.47 Å². The minimum atomic E-state index is -0.165. The average Bonchev–Trinajstić information content (AvgIpc) is 2.10. The molecule has 0 aromatic carbocycles. The molecule has 0 aromatic rings. The first-order valence-corrected chi connectivity index (χ1v) is 4.77. The van der Waals surface area contributed by atoms with E-state index in [-0.39, 0.29) is 11.9 Å². The van der Waals surface area contributed by atoms with Gasteiger partial charge in [0, 0.05) is 6.61 Å². The van der Waals surface area contributed by atoms with Crippen LogP contribution in [-0.2, 0) is 14.3 Å². The van der Waals surface area contributed by atoms with Gasteiger partial charge in [-0.05, 0) is 19.3 Å². The van der Waals surface area contributed by atoms with E-state index >= 15 is 0 Å². The van der Waals surface area contributed by atoms with E-state index in [0.29, 0.717) is 19.1 Å². The van der Waals surface area contributed by atoms with Gasteiger partial charge in [0.05, 0.1) is 19.6 Å². The zero-order valence-corrected chi connectivity index (χ0v) is 9.00. The summed E-state index contributed by atoms with van der Waals surface area (Å²) in [4.78, 5) is 11.3. The molecule has 0 saturated heterocycles. The summed E-state index contributed by atoms with van der Waals surface area (Å²) in [5.41, 5.74) is 0. The molecule has 0 aliphatic rings. The fraction of sp³-hybridized carbons (Fsp3) is 0.900. The smallest absolute Gasteiger partial charge is 0.311 e. The van der Waals surface area contributed by atoms with E-state index in [0.717, 1.165) is 6.42 Å². The van der Waals surface area contributed by atoms with Crippen LogP contribution in [0.1, 0.15) is 27.2 Å². The molecular weight excluding hydrogens is 168 g/mol. The number of rotatable bonds is 6. The number of carbonyl (C=O) groups is 1. The second-order valence-corrected chi connectivity index (χ2v) is 3.51. The van der Waals surface area contributed by atoms with E-state index in [1.807, 2.05) is 6.92 Å². The highest BCUT2D eigenvalue weighted by molar-refractivity contribution is 5.72. The Bertz CT molecular complexity index is 143. The summed E-state index contributed by atoms with van der Waals surface area (Å²) in [6.45, 7) is 7.21. The van der Waals surface area contributed by atoms with Crippen molar-refractivity contribution in [3.05, 3.63) is 0 Å².